The zero-order chi connectivity index (χ0) is 13.0. The Labute approximate surface area is 105 Å². The molecule has 0 heteroatoms. The number of hydrogen-bond donors (Lipinski definition) is 0. The van der Waals surface area contributed by atoms with E-state index in [0.717, 1.165) is 16.7 Å². The molecule has 0 saturated carbocycles. The van der Waals surface area contributed by atoms with E-state index in [-0.39, 0.29) is 0 Å². The molecule has 0 aromatic heterocycles. The van der Waals surface area contributed by atoms with Crippen LogP contribution in [0, 0.1) is 6.92 Å². The van der Waals surface area contributed by atoms with Gasteiger partial charge < -0.3 is 0 Å². The molecule has 0 heterocycles. The Hall–Kier alpha value is -1.82. The maximum atomic E-state index is 4.10. The van der Waals surface area contributed by atoms with Gasteiger partial charge in [0.1, 0.15) is 0 Å². The minimum absolute atomic E-state index is 1.01. The molecule has 0 bridgehead atoms. The zero-order valence-electron chi connectivity index (χ0n) is 11.0. The molecule has 88 valence electrons. The Bertz CT molecular complexity index is 499. The van der Waals surface area contributed by atoms with Crippen LogP contribution in [0.5, 0.6) is 0 Å². The van der Waals surface area contributed by atoms with Crippen molar-refractivity contribution in [2.24, 2.45) is 0 Å². The summed E-state index contributed by atoms with van der Waals surface area (Å²) in [5, 5.41) is 0. The van der Waals surface area contributed by atoms with Crippen molar-refractivity contribution in [3.8, 4) is 0 Å². The van der Waals surface area contributed by atoms with Gasteiger partial charge in [0.25, 0.3) is 0 Å². The van der Waals surface area contributed by atoms with Gasteiger partial charge in [0, 0.05) is 0 Å². The smallest absolute Gasteiger partial charge is 0.00758 e. The lowest BCUT2D eigenvalue weighted by atomic mass is 10.0. The fraction of sp³-hybridized carbons (Fsp3) is 0.176. The topological polar surface area (TPSA) is 0 Å². The van der Waals surface area contributed by atoms with Gasteiger partial charge in [-0.1, -0.05) is 63.9 Å². The van der Waals surface area contributed by atoms with Crippen LogP contribution in [0.15, 0.2) is 55.7 Å². The molecule has 0 fully saturated rings. The Morgan fingerprint density at radius 2 is 1.71 bits per heavy atom. The first-order valence-corrected chi connectivity index (χ1v) is 5.98. The molecule has 17 heavy (non-hydrogen) atoms. The van der Waals surface area contributed by atoms with E-state index in [4.69, 9.17) is 0 Å². The molecule has 0 nitrogen and oxygen atoms in total. The lowest BCUT2D eigenvalue weighted by Crippen LogP contribution is -1.84. The van der Waals surface area contributed by atoms with Crippen molar-refractivity contribution < 1.29 is 0 Å². The van der Waals surface area contributed by atoms with Crippen molar-refractivity contribution in [3.63, 3.8) is 0 Å². The van der Waals surface area contributed by atoms with Crippen molar-refractivity contribution in [1.29, 1.82) is 0 Å². The van der Waals surface area contributed by atoms with Crippen molar-refractivity contribution in [2.45, 2.75) is 20.8 Å². The average molecular weight is 224 g/mol. The summed E-state index contributed by atoms with van der Waals surface area (Å²) in [6.07, 6.45) is 3.80. The monoisotopic (exact) mass is 224 g/mol. The summed E-state index contributed by atoms with van der Waals surface area (Å²) >= 11 is 0. The van der Waals surface area contributed by atoms with Gasteiger partial charge >= 0.3 is 0 Å². The van der Waals surface area contributed by atoms with E-state index in [1.807, 2.05) is 19.9 Å². The van der Waals surface area contributed by atoms with Gasteiger partial charge in [-0.05, 0) is 40.3 Å². The van der Waals surface area contributed by atoms with E-state index in [0.29, 0.717) is 0 Å². The van der Waals surface area contributed by atoms with Gasteiger partial charge in [0.2, 0.25) is 0 Å². The fourth-order valence-electron chi connectivity index (χ4n) is 2.08. The van der Waals surface area contributed by atoms with Crippen molar-refractivity contribution in [2.75, 3.05) is 0 Å². The molecule has 0 N–H and O–H groups in total. The van der Waals surface area contributed by atoms with Gasteiger partial charge in [-0.2, -0.15) is 0 Å². The molecule has 0 atom stereocenters. The highest BCUT2D eigenvalue weighted by molar-refractivity contribution is 6.07. The maximum Gasteiger partial charge on any atom is -0.00758 e. The van der Waals surface area contributed by atoms with Gasteiger partial charge in [-0.25, -0.2) is 0 Å². The van der Waals surface area contributed by atoms with Crippen LogP contribution in [0.4, 0.5) is 0 Å². The second-order valence-electron chi connectivity index (χ2n) is 3.77. The standard InChI is InChI=1S/C15H14.C2H6/c1-5-7-13-11(3)12(4)15-10(2)8-6-9-14(13)15;1-2/h5-9H,1,3-4H2,2H3;1-2H3/b13-7+;. The predicted molar refractivity (Wildman–Crippen MR) is 78.9 cm³/mol. The number of allylic oxidation sites excluding steroid dienone is 5. The fourth-order valence-corrected chi connectivity index (χ4v) is 2.08. The summed E-state index contributed by atoms with van der Waals surface area (Å²) in [6.45, 7) is 18.0. The third-order valence-corrected chi connectivity index (χ3v) is 2.84. The Balaban J connectivity index is 0.000000686. The van der Waals surface area contributed by atoms with Gasteiger partial charge in [-0.15, -0.1) is 0 Å². The normalized spacial score (nSPS) is 15.4. The molecular weight excluding hydrogens is 204 g/mol. The molecule has 2 rings (SSSR count). The summed E-state index contributed by atoms with van der Waals surface area (Å²) in [4.78, 5) is 0. The highest BCUT2D eigenvalue weighted by Gasteiger charge is 2.23. The van der Waals surface area contributed by atoms with Gasteiger partial charge in [0.05, 0.1) is 0 Å². The number of aryl methyl sites for hydroxylation is 1. The Morgan fingerprint density at radius 1 is 1.06 bits per heavy atom. The molecule has 1 aromatic rings. The van der Waals surface area contributed by atoms with Crippen LogP contribution in [0.2, 0.25) is 0 Å². The molecule has 0 spiro atoms. The predicted octanol–water partition coefficient (Wildman–Crippen LogP) is 5.17. The third-order valence-electron chi connectivity index (χ3n) is 2.84. The molecule has 1 aliphatic carbocycles. The van der Waals surface area contributed by atoms with E-state index >= 15 is 0 Å². The Morgan fingerprint density at radius 3 is 2.29 bits per heavy atom. The van der Waals surface area contributed by atoms with E-state index in [2.05, 4.69) is 44.9 Å². The highest BCUT2D eigenvalue weighted by atomic mass is 14.3. The minimum atomic E-state index is 1.01. The number of benzene rings is 1. The van der Waals surface area contributed by atoms with Crippen LogP contribution in [0.1, 0.15) is 30.5 Å². The lowest BCUT2D eigenvalue weighted by molar-refractivity contribution is 1.43. The summed E-state index contributed by atoms with van der Waals surface area (Å²) in [7, 11) is 0. The van der Waals surface area contributed by atoms with E-state index in [1.165, 1.54) is 16.7 Å². The summed E-state index contributed by atoms with van der Waals surface area (Å²) < 4.78 is 0. The van der Waals surface area contributed by atoms with Crippen LogP contribution in [-0.4, -0.2) is 0 Å². The largest absolute Gasteiger partial charge is 0.0990 e. The van der Waals surface area contributed by atoms with Gasteiger partial charge in [-0.3, -0.25) is 0 Å². The first-order valence-electron chi connectivity index (χ1n) is 5.98. The molecule has 0 radical (unpaired) electrons. The van der Waals surface area contributed by atoms with Gasteiger partial charge in [0.15, 0.2) is 0 Å². The first-order chi connectivity index (χ1) is 8.16. The van der Waals surface area contributed by atoms with Crippen molar-refractivity contribution in [3.05, 3.63) is 72.4 Å². The second kappa shape index (κ2) is 5.49. The summed E-state index contributed by atoms with van der Waals surface area (Å²) in [5.74, 6) is 0. The highest BCUT2D eigenvalue weighted by Crippen LogP contribution is 2.44. The van der Waals surface area contributed by atoms with Crippen LogP contribution in [-0.2, 0) is 0 Å². The van der Waals surface area contributed by atoms with Crippen molar-refractivity contribution >= 4 is 11.1 Å². The quantitative estimate of drug-likeness (QED) is 0.617. The molecule has 0 amide bonds. The molecule has 0 saturated heterocycles. The number of fused-ring (bicyclic) bond motifs is 1. The second-order valence-corrected chi connectivity index (χ2v) is 3.77. The number of hydrogen-bond acceptors (Lipinski definition) is 0. The lowest BCUT2D eigenvalue weighted by Gasteiger charge is -2.02. The Kier molecular flexibility index (Phi) is 4.28. The molecule has 0 aliphatic heterocycles. The van der Waals surface area contributed by atoms with E-state index in [1.54, 1.807) is 6.08 Å². The summed E-state index contributed by atoms with van der Waals surface area (Å²) in [5.41, 5.74) is 6.91. The van der Waals surface area contributed by atoms with E-state index in [9.17, 15) is 0 Å². The van der Waals surface area contributed by atoms with Crippen LogP contribution >= 0.6 is 0 Å². The van der Waals surface area contributed by atoms with Crippen LogP contribution in [0.25, 0.3) is 11.1 Å². The van der Waals surface area contributed by atoms with Crippen LogP contribution in [0.3, 0.4) is 0 Å². The molecule has 1 aliphatic rings. The maximum absolute atomic E-state index is 4.10. The number of rotatable bonds is 1. The van der Waals surface area contributed by atoms with E-state index < -0.39 is 0 Å². The molecular formula is C17H20. The zero-order valence-corrected chi connectivity index (χ0v) is 11.0. The van der Waals surface area contributed by atoms with Crippen LogP contribution < -0.4 is 0 Å². The van der Waals surface area contributed by atoms with Crippen molar-refractivity contribution in [1.82, 2.24) is 0 Å². The third kappa shape index (κ3) is 2.16. The SMILES string of the molecule is C=C/C=C1\C(=C)C(=C)c2c(C)cccc21.CC. The first kappa shape index (κ1) is 13.2. The molecule has 1 aromatic carbocycles. The molecule has 0 unspecified atom stereocenters. The summed E-state index contributed by atoms with van der Waals surface area (Å²) in [6, 6.07) is 6.28. The minimum Gasteiger partial charge on any atom is -0.0990 e. The average Bonchev–Trinajstić information content (AvgIpc) is 2.59.